The number of carbonyl (C=O) groups excluding carboxylic acids is 3. The Morgan fingerprint density at radius 3 is 2.74 bits per heavy atom. The molecule has 0 saturated heterocycles. The van der Waals surface area contributed by atoms with E-state index in [9.17, 15) is 19.5 Å². The van der Waals surface area contributed by atoms with Gasteiger partial charge in [0.05, 0.1) is 25.2 Å². The Bertz CT molecular complexity index is 511. The topological polar surface area (TPSA) is 89.9 Å². The summed E-state index contributed by atoms with van der Waals surface area (Å²) in [5, 5.41) is 10.2. The fourth-order valence-corrected chi connectivity index (χ4v) is 2.35. The van der Waals surface area contributed by atoms with Crippen molar-refractivity contribution in [1.29, 1.82) is 0 Å². The second-order valence-corrected chi connectivity index (χ2v) is 4.62. The first kappa shape index (κ1) is 13.6. The van der Waals surface area contributed by atoms with Crippen LogP contribution in [0.25, 0.3) is 0 Å². The maximum absolute atomic E-state index is 11.8. The highest BCUT2D eigenvalue weighted by Gasteiger charge is 2.44. The van der Waals surface area contributed by atoms with Gasteiger partial charge in [0.15, 0.2) is 17.4 Å². The van der Waals surface area contributed by atoms with Crippen LogP contribution in [0, 0.1) is 0 Å². The molecule has 0 bridgehead atoms. The largest absolute Gasteiger partial charge is 0.469 e. The van der Waals surface area contributed by atoms with E-state index in [1.165, 1.54) is 14.0 Å². The van der Waals surface area contributed by atoms with Crippen molar-refractivity contribution < 1.29 is 29.0 Å². The number of allylic oxidation sites excluding steroid dienone is 2. The number of esters is 1. The lowest BCUT2D eigenvalue weighted by Gasteiger charge is -2.37. The van der Waals surface area contributed by atoms with Crippen molar-refractivity contribution >= 4 is 17.5 Å². The van der Waals surface area contributed by atoms with Gasteiger partial charge in [0.2, 0.25) is 0 Å². The van der Waals surface area contributed by atoms with Crippen LogP contribution in [0.4, 0.5) is 0 Å². The third-order valence-electron chi connectivity index (χ3n) is 3.15. The second-order valence-electron chi connectivity index (χ2n) is 4.62. The summed E-state index contributed by atoms with van der Waals surface area (Å²) < 4.78 is 9.85. The van der Waals surface area contributed by atoms with E-state index in [0.717, 1.165) is 12.2 Å². The van der Waals surface area contributed by atoms with Gasteiger partial charge in [0, 0.05) is 12.0 Å². The summed E-state index contributed by atoms with van der Waals surface area (Å²) in [6.07, 6.45) is 1.60. The summed E-state index contributed by atoms with van der Waals surface area (Å²) in [5.41, 5.74) is 0.166. The van der Waals surface area contributed by atoms with E-state index >= 15 is 0 Å². The molecule has 6 nitrogen and oxygen atoms in total. The summed E-state index contributed by atoms with van der Waals surface area (Å²) in [4.78, 5) is 34.8. The average molecular weight is 266 g/mol. The molecule has 0 aromatic heterocycles. The molecule has 0 radical (unpaired) electrons. The molecular weight excluding hydrogens is 252 g/mol. The molecular formula is C13H14O6. The van der Waals surface area contributed by atoms with Crippen LogP contribution >= 0.6 is 0 Å². The van der Waals surface area contributed by atoms with Gasteiger partial charge in [-0.05, 0) is 19.1 Å². The van der Waals surface area contributed by atoms with E-state index < -0.39 is 23.6 Å². The Morgan fingerprint density at radius 1 is 1.47 bits per heavy atom. The van der Waals surface area contributed by atoms with Crippen molar-refractivity contribution in [3.05, 3.63) is 23.3 Å². The summed E-state index contributed by atoms with van der Waals surface area (Å²) in [6.45, 7) is 1.29. The van der Waals surface area contributed by atoms with E-state index in [2.05, 4.69) is 4.74 Å². The minimum atomic E-state index is -1.87. The molecule has 19 heavy (non-hydrogen) atoms. The highest BCUT2D eigenvalue weighted by Crippen LogP contribution is 2.36. The molecule has 102 valence electrons. The highest BCUT2D eigenvalue weighted by molar-refractivity contribution is 6.21. The van der Waals surface area contributed by atoms with Crippen molar-refractivity contribution in [2.75, 3.05) is 7.11 Å². The van der Waals surface area contributed by atoms with Gasteiger partial charge < -0.3 is 14.6 Å². The van der Waals surface area contributed by atoms with E-state index in [1.54, 1.807) is 0 Å². The maximum atomic E-state index is 11.8. The summed E-state index contributed by atoms with van der Waals surface area (Å²) in [6, 6.07) is 0. The van der Waals surface area contributed by atoms with Crippen LogP contribution in [-0.4, -0.2) is 41.6 Å². The molecule has 0 amide bonds. The normalized spacial score (nSPS) is 30.4. The van der Waals surface area contributed by atoms with Crippen LogP contribution in [0.1, 0.15) is 19.8 Å². The molecule has 1 heterocycles. The molecule has 0 spiro atoms. The smallest absolute Gasteiger partial charge is 0.308 e. The maximum Gasteiger partial charge on any atom is 0.308 e. The fraction of sp³-hybridized carbons (Fsp3) is 0.462. The highest BCUT2D eigenvalue weighted by atomic mass is 16.6. The van der Waals surface area contributed by atoms with E-state index in [1.807, 2.05) is 0 Å². The number of methoxy groups -OCH3 is 1. The van der Waals surface area contributed by atoms with Crippen molar-refractivity contribution in [3.63, 3.8) is 0 Å². The monoisotopic (exact) mass is 266 g/mol. The van der Waals surface area contributed by atoms with Crippen molar-refractivity contribution in [3.8, 4) is 0 Å². The van der Waals surface area contributed by atoms with Crippen LogP contribution in [0.2, 0.25) is 0 Å². The standard InChI is InChI=1S/C13H14O6/c1-13(17)12-8(9(14)3-4-10(12)15)5-7(19-13)6-11(16)18-2/h3-4,7,17H,5-6H2,1-2H3/t7-,13+/m1/s1. The lowest BCUT2D eigenvalue weighted by molar-refractivity contribution is -0.204. The zero-order valence-corrected chi connectivity index (χ0v) is 10.6. The molecule has 2 aliphatic rings. The van der Waals surface area contributed by atoms with Crippen LogP contribution in [0.3, 0.4) is 0 Å². The SMILES string of the molecule is COC(=O)C[C@H]1CC2=C(C(=O)C=CC2=O)[C@@](C)(O)O1. The second kappa shape index (κ2) is 4.71. The minimum absolute atomic E-state index is 0.0406. The fourth-order valence-electron chi connectivity index (χ4n) is 2.35. The van der Waals surface area contributed by atoms with Gasteiger partial charge in [-0.1, -0.05) is 0 Å². The van der Waals surface area contributed by atoms with Gasteiger partial charge in [-0.2, -0.15) is 0 Å². The predicted molar refractivity (Wildman–Crippen MR) is 62.9 cm³/mol. The van der Waals surface area contributed by atoms with Gasteiger partial charge >= 0.3 is 5.97 Å². The van der Waals surface area contributed by atoms with Crippen LogP contribution in [0.15, 0.2) is 23.3 Å². The molecule has 1 aliphatic heterocycles. The average Bonchev–Trinajstić information content (AvgIpc) is 2.32. The molecule has 2 rings (SSSR count). The third-order valence-corrected chi connectivity index (χ3v) is 3.15. The first-order valence-corrected chi connectivity index (χ1v) is 5.82. The Morgan fingerprint density at radius 2 is 2.11 bits per heavy atom. The van der Waals surface area contributed by atoms with Crippen molar-refractivity contribution in [1.82, 2.24) is 0 Å². The van der Waals surface area contributed by atoms with Crippen molar-refractivity contribution in [2.24, 2.45) is 0 Å². The lowest BCUT2D eigenvalue weighted by atomic mass is 9.83. The number of aliphatic hydroxyl groups is 1. The Labute approximate surface area is 109 Å². The first-order valence-electron chi connectivity index (χ1n) is 5.82. The molecule has 1 N–H and O–H groups in total. The van der Waals surface area contributed by atoms with Gasteiger partial charge in [0.25, 0.3) is 0 Å². The summed E-state index contributed by atoms with van der Waals surface area (Å²) in [5.74, 6) is -3.16. The molecule has 0 fully saturated rings. The minimum Gasteiger partial charge on any atom is -0.469 e. The zero-order valence-electron chi connectivity index (χ0n) is 10.6. The van der Waals surface area contributed by atoms with E-state index in [0.29, 0.717) is 0 Å². The molecule has 1 aliphatic carbocycles. The third kappa shape index (κ3) is 2.50. The number of hydrogen-bond donors (Lipinski definition) is 1. The Kier molecular flexibility index (Phi) is 3.38. The zero-order chi connectivity index (χ0) is 14.2. The number of hydrogen-bond acceptors (Lipinski definition) is 6. The van der Waals surface area contributed by atoms with E-state index in [-0.39, 0.29) is 29.8 Å². The van der Waals surface area contributed by atoms with Gasteiger partial charge in [-0.3, -0.25) is 14.4 Å². The molecule has 0 aromatic carbocycles. The van der Waals surface area contributed by atoms with Gasteiger partial charge in [0.1, 0.15) is 0 Å². The summed E-state index contributed by atoms with van der Waals surface area (Å²) >= 11 is 0. The number of ether oxygens (including phenoxy) is 2. The van der Waals surface area contributed by atoms with E-state index in [4.69, 9.17) is 4.74 Å². The van der Waals surface area contributed by atoms with Gasteiger partial charge in [-0.25, -0.2) is 0 Å². The lowest BCUT2D eigenvalue weighted by Crippen LogP contribution is -2.45. The number of rotatable bonds is 2. The number of ketones is 2. The molecule has 0 unspecified atom stereocenters. The van der Waals surface area contributed by atoms with Crippen molar-refractivity contribution in [2.45, 2.75) is 31.7 Å². The predicted octanol–water partition coefficient (Wildman–Crippen LogP) is 0.0515. The molecule has 0 saturated carbocycles. The Hall–Kier alpha value is -1.79. The van der Waals surface area contributed by atoms with Crippen LogP contribution < -0.4 is 0 Å². The molecule has 6 heteroatoms. The first-order chi connectivity index (χ1) is 8.85. The van der Waals surface area contributed by atoms with Gasteiger partial charge in [-0.15, -0.1) is 0 Å². The quantitative estimate of drug-likeness (QED) is 0.561. The summed E-state index contributed by atoms with van der Waals surface area (Å²) in [7, 11) is 1.24. The van der Waals surface area contributed by atoms with Crippen LogP contribution in [-0.2, 0) is 23.9 Å². The number of carbonyl (C=O) groups is 3. The van der Waals surface area contributed by atoms with Crippen LogP contribution in [0.5, 0.6) is 0 Å². The molecule has 2 atom stereocenters. The Balaban J connectivity index is 2.32. The molecule has 0 aromatic rings.